The van der Waals surface area contributed by atoms with Gasteiger partial charge in [0.15, 0.2) is 6.10 Å². The van der Waals surface area contributed by atoms with Gasteiger partial charge >= 0.3 is 5.97 Å². The Kier molecular flexibility index (Phi) is 9.74. The molecule has 0 spiro atoms. The second-order valence-corrected chi connectivity index (χ2v) is 9.34. The summed E-state index contributed by atoms with van der Waals surface area (Å²) in [7, 11) is 0. The van der Waals surface area contributed by atoms with E-state index in [1.165, 1.54) is 0 Å². The van der Waals surface area contributed by atoms with Gasteiger partial charge in [0.2, 0.25) is 0 Å². The van der Waals surface area contributed by atoms with E-state index in [0.717, 1.165) is 30.6 Å². The van der Waals surface area contributed by atoms with Crippen molar-refractivity contribution in [1.29, 1.82) is 0 Å². The fourth-order valence-corrected chi connectivity index (χ4v) is 4.84. The van der Waals surface area contributed by atoms with Crippen molar-refractivity contribution in [2.75, 3.05) is 19.8 Å². The molecule has 1 unspecified atom stereocenters. The molecule has 1 saturated heterocycles. The minimum absolute atomic E-state index is 0.0362. The van der Waals surface area contributed by atoms with E-state index < -0.39 is 24.3 Å². The Morgan fingerprint density at radius 2 is 2.09 bits per heavy atom. The van der Waals surface area contributed by atoms with Gasteiger partial charge in [0.1, 0.15) is 18.5 Å². The lowest BCUT2D eigenvalue weighted by atomic mass is 9.87. The van der Waals surface area contributed by atoms with E-state index in [2.05, 4.69) is 0 Å². The van der Waals surface area contributed by atoms with Crippen LogP contribution in [-0.4, -0.2) is 65.5 Å². The molecule has 3 N–H and O–H groups in total. The molecule has 33 heavy (non-hydrogen) atoms. The molecule has 0 aromatic heterocycles. The highest BCUT2D eigenvalue weighted by atomic mass is 16.5. The van der Waals surface area contributed by atoms with E-state index in [1.807, 2.05) is 44.2 Å². The van der Waals surface area contributed by atoms with Gasteiger partial charge < -0.3 is 29.5 Å². The summed E-state index contributed by atoms with van der Waals surface area (Å²) in [6.07, 6.45) is 5.09. The number of aryl methyl sites for hydroxylation is 1. The van der Waals surface area contributed by atoms with Crippen molar-refractivity contribution in [3.8, 4) is 5.75 Å². The first-order valence-corrected chi connectivity index (χ1v) is 12.1. The topological polar surface area (TPSA) is 105 Å². The summed E-state index contributed by atoms with van der Waals surface area (Å²) in [4.78, 5) is 11.3. The van der Waals surface area contributed by atoms with Crippen LogP contribution < -0.4 is 4.74 Å². The highest BCUT2D eigenvalue weighted by molar-refractivity contribution is 5.72. The zero-order chi connectivity index (χ0) is 23.8. The van der Waals surface area contributed by atoms with Crippen LogP contribution in [0.2, 0.25) is 0 Å². The molecule has 3 rings (SSSR count). The van der Waals surface area contributed by atoms with Crippen LogP contribution in [0, 0.1) is 24.7 Å². The Morgan fingerprint density at radius 1 is 1.30 bits per heavy atom. The molecule has 1 aromatic carbocycles. The van der Waals surface area contributed by atoms with Gasteiger partial charge in [0.25, 0.3) is 0 Å². The number of hydrogen-bond donors (Lipinski definition) is 3. The number of para-hydroxylation sites is 1. The minimum Gasteiger partial charge on any atom is -0.490 e. The van der Waals surface area contributed by atoms with Gasteiger partial charge in [-0.15, -0.1) is 0 Å². The Bertz CT molecular complexity index is 780. The van der Waals surface area contributed by atoms with Crippen molar-refractivity contribution in [2.45, 2.75) is 70.4 Å². The number of carbonyl (C=O) groups is 1. The highest BCUT2D eigenvalue weighted by Gasteiger charge is 2.43. The first-order valence-electron chi connectivity index (χ1n) is 12.1. The van der Waals surface area contributed by atoms with E-state index in [9.17, 15) is 20.1 Å². The molecule has 7 heteroatoms. The summed E-state index contributed by atoms with van der Waals surface area (Å²) in [5.74, 6) is 0.0532. The summed E-state index contributed by atoms with van der Waals surface area (Å²) in [5.41, 5.74) is 1.02. The number of ether oxygens (including phenoxy) is 3. The predicted molar refractivity (Wildman–Crippen MR) is 124 cm³/mol. The molecule has 1 aromatic rings. The second kappa shape index (κ2) is 12.5. The van der Waals surface area contributed by atoms with E-state index >= 15 is 0 Å². The summed E-state index contributed by atoms with van der Waals surface area (Å²) in [5, 5.41) is 30.2. The molecule has 0 amide bonds. The summed E-state index contributed by atoms with van der Waals surface area (Å²) in [6.45, 7) is 4.93. The van der Waals surface area contributed by atoms with Gasteiger partial charge in [-0.05, 0) is 43.7 Å². The van der Waals surface area contributed by atoms with Gasteiger partial charge in [0.05, 0.1) is 25.4 Å². The van der Waals surface area contributed by atoms with Crippen LogP contribution in [0.15, 0.2) is 36.4 Å². The molecule has 1 heterocycles. The first-order chi connectivity index (χ1) is 15.9. The van der Waals surface area contributed by atoms with E-state index in [-0.39, 0.29) is 30.5 Å². The smallest absolute Gasteiger partial charge is 0.332 e. The number of benzene rings is 1. The normalized spacial score (nSPS) is 29.4. The van der Waals surface area contributed by atoms with E-state index in [0.29, 0.717) is 26.1 Å². The predicted octanol–water partition coefficient (Wildman–Crippen LogP) is 3.35. The van der Waals surface area contributed by atoms with Gasteiger partial charge in [-0.25, -0.2) is 4.79 Å². The van der Waals surface area contributed by atoms with Crippen LogP contribution in [0.1, 0.15) is 44.6 Å². The van der Waals surface area contributed by atoms with Crippen LogP contribution in [0.5, 0.6) is 5.75 Å². The number of rotatable bonds is 11. The molecule has 0 radical (unpaired) electrons. The molecular formula is C26H38O7. The van der Waals surface area contributed by atoms with Gasteiger partial charge in [0, 0.05) is 18.3 Å². The third-order valence-corrected chi connectivity index (χ3v) is 6.76. The molecule has 7 nitrogen and oxygen atoms in total. The molecule has 2 fully saturated rings. The number of aliphatic carboxylic acids is 1. The monoisotopic (exact) mass is 462 g/mol. The summed E-state index contributed by atoms with van der Waals surface area (Å²) < 4.78 is 17.5. The zero-order valence-corrected chi connectivity index (χ0v) is 19.6. The van der Waals surface area contributed by atoms with Crippen LogP contribution in [-0.2, 0) is 14.3 Å². The second-order valence-electron chi connectivity index (χ2n) is 9.34. The van der Waals surface area contributed by atoms with Crippen molar-refractivity contribution >= 4 is 5.97 Å². The van der Waals surface area contributed by atoms with Gasteiger partial charge in [-0.3, -0.25) is 0 Å². The van der Waals surface area contributed by atoms with Crippen molar-refractivity contribution in [3.05, 3.63) is 42.0 Å². The van der Waals surface area contributed by atoms with E-state index in [1.54, 1.807) is 6.08 Å². The van der Waals surface area contributed by atoms with Crippen LogP contribution >= 0.6 is 0 Å². The number of fused-ring (bicyclic) bond motifs is 1. The molecule has 184 valence electrons. The Morgan fingerprint density at radius 3 is 2.82 bits per heavy atom. The van der Waals surface area contributed by atoms with Crippen LogP contribution in [0.4, 0.5) is 0 Å². The lowest BCUT2D eigenvalue weighted by Gasteiger charge is -2.21. The molecule has 2 aliphatic rings. The summed E-state index contributed by atoms with van der Waals surface area (Å²) in [6, 6.07) is 7.68. The average molecular weight is 463 g/mol. The molecule has 0 bridgehead atoms. The maximum absolute atomic E-state index is 11.3. The fraction of sp³-hybridized carbons (Fsp3) is 0.654. The van der Waals surface area contributed by atoms with Crippen molar-refractivity contribution < 1.29 is 34.3 Å². The average Bonchev–Trinajstić information content (AvgIpc) is 2.95. The van der Waals surface area contributed by atoms with Gasteiger partial charge in [-0.1, -0.05) is 43.7 Å². The number of carboxylic acid groups (broad SMARTS) is 1. The number of carboxylic acids is 1. The van der Waals surface area contributed by atoms with E-state index in [4.69, 9.17) is 14.2 Å². The summed E-state index contributed by atoms with van der Waals surface area (Å²) >= 11 is 0. The minimum atomic E-state index is -0.915. The lowest BCUT2D eigenvalue weighted by molar-refractivity contribution is -0.152. The standard InChI is InChI=1S/C26H38O7/c1-3-6-24(26(29)30)31-14-18-9-11-21-20(22(28)13-25(21)32-15-18)12-10-19(27)16-33-23-8-5-4-7-17(23)2/h4-5,7-8,10,12,18-22,24-25,27-28H,3,6,9,11,13-16H2,1-2H3,(H,29,30)/b12-10+/t18-,19+,20+,21+,22+,24?,25-/m0/s1. The Balaban J connectivity index is 1.50. The lowest BCUT2D eigenvalue weighted by Crippen LogP contribution is -2.27. The largest absolute Gasteiger partial charge is 0.490 e. The highest BCUT2D eigenvalue weighted by Crippen LogP contribution is 2.41. The Hall–Kier alpha value is -1.93. The van der Waals surface area contributed by atoms with Crippen molar-refractivity contribution in [3.63, 3.8) is 0 Å². The number of hydrogen-bond acceptors (Lipinski definition) is 6. The molecule has 1 saturated carbocycles. The maximum Gasteiger partial charge on any atom is 0.332 e. The maximum atomic E-state index is 11.3. The van der Waals surface area contributed by atoms with Crippen LogP contribution in [0.25, 0.3) is 0 Å². The molecule has 7 atom stereocenters. The molecule has 1 aliphatic heterocycles. The van der Waals surface area contributed by atoms with Crippen molar-refractivity contribution in [1.82, 2.24) is 0 Å². The quantitative estimate of drug-likeness (QED) is 0.433. The fourth-order valence-electron chi connectivity index (χ4n) is 4.84. The van der Waals surface area contributed by atoms with Crippen LogP contribution in [0.3, 0.4) is 0 Å². The first kappa shape index (κ1) is 25.7. The van der Waals surface area contributed by atoms with Crippen molar-refractivity contribution in [2.24, 2.45) is 17.8 Å². The molecule has 1 aliphatic carbocycles. The zero-order valence-electron chi connectivity index (χ0n) is 19.6. The molecular weight excluding hydrogens is 424 g/mol. The third kappa shape index (κ3) is 7.27. The number of aliphatic hydroxyl groups excluding tert-OH is 2. The Labute approximate surface area is 196 Å². The van der Waals surface area contributed by atoms with Gasteiger partial charge in [-0.2, -0.15) is 0 Å². The number of aliphatic hydroxyl groups is 2. The SMILES string of the molecule is CCCC(OC[C@@H]1CC[C@@H]2[C@@H](/C=C/[C@@H](O)COc3ccccc3C)[C@H](O)C[C@@H]2OC1)C(=O)O. The third-order valence-electron chi connectivity index (χ3n) is 6.76.